The van der Waals surface area contributed by atoms with Crippen molar-refractivity contribution in [3.63, 3.8) is 0 Å². The molecule has 1 rings (SSSR count). The van der Waals surface area contributed by atoms with Crippen LogP contribution in [0.5, 0.6) is 0 Å². The van der Waals surface area contributed by atoms with Gasteiger partial charge in [0.05, 0.1) is 0 Å². The van der Waals surface area contributed by atoms with Crippen LogP contribution in [0, 0.1) is 0 Å². The molecule has 0 atom stereocenters. The van der Waals surface area contributed by atoms with Gasteiger partial charge in [-0.3, -0.25) is 0 Å². The Hall–Kier alpha value is -0.101. The summed E-state index contributed by atoms with van der Waals surface area (Å²) in [5.74, 6) is 0.227. The number of nitrogens with zero attached hydrogens (tertiary/aromatic N) is 3. The molecule has 0 amide bonds. The molecule has 0 aliphatic rings. The monoisotopic (exact) mass is 280 g/mol. The van der Waals surface area contributed by atoms with Crippen LogP contribution in [-0.2, 0) is 0 Å². The molecule has 0 fully saturated rings. The van der Waals surface area contributed by atoms with Gasteiger partial charge in [0.1, 0.15) is 0 Å². The molecule has 2 N–H and O–H groups in total. The van der Waals surface area contributed by atoms with E-state index in [1.807, 2.05) is 0 Å². The summed E-state index contributed by atoms with van der Waals surface area (Å²) in [5.41, 5.74) is 5.38. The zero-order chi connectivity index (χ0) is 8.43. The predicted octanol–water partition coefficient (Wildman–Crippen LogP) is -0.199. The summed E-state index contributed by atoms with van der Waals surface area (Å²) >= 11 is 3.94. The van der Waals surface area contributed by atoms with Gasteiger partial charge in [0, 0.05) is 0 Å². The molecule has 0 radical (unpaired) electrons. The first kappa shape index (κ1) is 8.99. The van der Waals surface area contributed by atoms with Crippen LogP contribution in [0.4, 0.5) is 5.95 Å². The fraction of sp³-hybridized carbons (Fsp3) is 0.400. The van der Waals surface area contributed by atoms with E-state index in [4.69, 9.17) is 17.3 Å². The summed E-state index contributed by atoms with van der Waals surface area (Å²) in [6, 6.07) is 0. The van der Waals surface area contributed by atoms with Gasteiger partial charge in [0.25, 0.3) is 0 Å². The van der Waals surface area contributed by atoms with Crippen LogP contribution >= 0.6 is 11.6 Å². The first-order chi connectivity index (χ1) is 5.09. The van der Waals surface area contributed by atoms with Crippen molar-refractivity contribution < 1.29 is 0 Å². The van der Waals surface area contributed by atoms with Crippen molar-refractivity contribution in [2.24, 2.45) is 0 Å². The van der Waals surface area contributed by atoms with Gasteiger partial charge in [0.2, 0.25) is 0 Å². The Morgan fingerprint density at radius 3 is 2.36 bits per heavy atom. The molecule has 0 saturated heterocycles. The van der Waals surface area contributed by atoms with E-state index in [-0.39, 0.29) is 11.2 Å². The quantitative estimate of drug-likeness (QED) is 0.723. The Morgan fingerprint density at radius 1 is 1.27 bits per heavy atom. The van der Waals surface area contributed by atoms with E-state index in [0.717, 1.165) is 3.84 Å². The average Bonchev–Trinajstić information content (AvgIpc) is 1.85. The van der Waals surface area contributed by atoms with Gasteiger partial charge in [-0.05, 0) is 0 Å². The molecule has 0 saturated carbocycles. The maximum atomic E-state index is 5.59. The molecule has 0 aromatic carbocycles. The average molecular weight is 279 g/mol. The number of hydrogen-bond donors (Lipinski definition) is 1. The third-order valence-electron chi connectivity index (χ3n) is 1.16. The van der Waals surface area contributed by atoms with Gasteiger partial charge < -0.3 is 0 Å². The molecule has 4 nitrogen and oxygen atoms in total. The summed E-state index contributed by atoms with van der Waals surface area (Å²) in [7, 11) is 0. The number of rotatable bonds is 1. The molecule has 0 spiro atoms. The van der Waals surface area contributed by atoms with Crippen LogP contribution in [0.3, 0.4) is 0 Å². The third-order valence-corrected chi connectivity index (χ3v) is 5.01. The van der Waals surface area contributed by atoms with E-state index >= 15 is 0 Å². The Kier molecular flexibility index (Phi) is 2.89. The van der Waals surface area contributed by atoms with Crippen molar-refractivity contribution in [1.82, 2.24) is 15.0 Å². The summed E-state index contributed by atoms with van der Waals surface area (Å²) in [6.45, 7) is 0. The third kappa shape index (κ3) is 2.44. The molecule has 1 aromatic rings. The minimum atomic E-state index is -1.64. The molecule has 1 heterocycles. The van der Waals surface area contributed by atoms with E-state index in [2.05, 4.69) is 24.8 Å². The van der Waals surface area contributed by atoms with Crippen LogP contribution in [0.25, 0.3) is 0 Å². The zero-order valence-electron chi connectivity index (χ0n) is 6.37. The molecular formula is C5H9ClN4Sn. The predicted molar refractivity (Wildman–Crippen MR) is 47.8 cm³/mol. The van der Waals surface area contributed by atoms with Crippen LogP contribution in [0.1, 0.15) is 0 Å². The van der Waals surface area contributed by atoms with E-state index in [1.54, 1.807) is 0 Å². The van der Waals surface area contributed by atoms with E-state index in [1.165, 1.54) is 0 Å². The maximum absolute atomic E-state index is 5.59. The van der Waals surface area contributed by atoms with Crippen molar-refractivity contribution in [3.05, 3.63) is 5.28 Å². The fourth-order valence-corrected chi connectivity index (χ4v) is 3.25. The van der Waals surface area contributed by atoms with Gasteiger partial charge in [-0.1, -0.05) is 0 Å². The van der Waals surface area contributed by atoms with E-state index in [9.17, 15) is 0 Å². The number of hydrogen-bond acceptors (Lipinski definition) is 4. The molecule has 0 aliphatic carbocycles. The van der Waals surface area contributed by atoms with Gasteiger partial charge in [-0.2, -0.15) is 0 Å². The Labute approximate surface area is 76.9 Å². The molecule has 11 heavy (non-hydrogen) atoms. The molecule has 6 heteroatoms. The van der Waals surface area contributed by atoms with Gasteiger partial charge in [-0.25, -0.2) is 0 Å². The van der Waals surface area contributed by atoms with Crippen molar-refractivity contribution in [2.75, 3.05) is 5.73 Å². The molecule has 60 valence electrons. The summed E-state index contributed by atoms with van der Waals surface area (Å²) < 4.78 is 0.837. The molecule has 0 bridgehead atoms. The first-order valence-corrected chi connectivity index (χ1v) is 11.9. The van der Waals surface area contributed by atoms with Crippen LogP contribution < -0.4 is 9.57 Å². The van der Waals surface area contributed by atoms with Crippen molar-refractivity contribution in [2.45, 2.75) is 9.88 Å². The Morgan fingerprint density at radius 2 is 1.91 bits per heavy atom. The summed E-state index contributed by atoms with van der Waals surface area (Å²) in [4.78, 5) is 16.0. The normalized spacial score (nSPS) is 10.5. The van der Waals surface area contributed by atoms with Crippen molar-refractivity contribution in [1.29, 1.82) is 0 Å². The number of nitrogens with two attached hydrogens (primary N) is 1. The zero-order valence-corrected chi connectivity index (χ0v) is 10.4. The summed E-state index contributed by atoms with van der Waals surface area (Å²) in [5, 5.41) is 0.206. The van der Waals surface area contributed by atoms with Crippen molar-refractivity contribution in [3.8, 4) is 0 Å². The number of aromatic nitrogens is 3. The van der Waals surface area contributed by atoms with E-state index in [0.29, 0.717) is 0 Å². The van der Waals surface area contributed by atoms with E-state index < -0.39 is 19.8 Å². The first-order valence-electron chi connectivity index (χ1n) is 3.26. The fourth-order valence-electron chi connectivity index (χ4n) is 0.640. The van der Waals surface area contributed by atoms with Gasteiger partial charge in [-0.15, -0.1) is 0 Å². The summed E-state index contributed by atoms with van der Waals surface area (Å²) in [6.07, 6.45) is 0. The van der Waals surface area contributed by atoms with Gasteiger partial charge in [0.15, 0.2) is 0 Å². The number of anilines is 1. The second-order valence-corrected chi connectivity index (χ2v) is 10.9. The SMILES string of the molecule is [CH3][SnH]([CH3])[c]1nc(N)nc(Cl)n1. The second kappa shape index (κ2) is 3.53. The van der Waals surface area contributed by atoms with Crippen molar-refractivity contribution >= 4 is 41.1 Å². The molecule has 0 aliphatic heterocycles. The van der Waals surface area contributed by atoms with Crippen LogP contribution in [-0.4, -0.2) is 34.7 Å². The Bertz CT molecular complexity index is 244. The van der Waals surface area contributed by atoms with Gasteiger partial charge >= 0.3 is 77.0 Å². The molecule has 1 aromatic heterocycles. The standard InChI is InChI=1S/C3H2ClN4.2CH3.Sn.H/c4-2-6-1-7-3(5)8-2;;;;/h(H2,5,6,7,8);2*1H3;;. The molecular weight excluding hydrogens is 270 g/mol. The number of nitrogen functional groups attached to an aromatic ring is 1. The number of halogens is 1. The van der Waals surface area contributed by atoms with Crippen LogP contribution in [0.2, 0.25) is 15.2 Å². The second-order valence-electron chi connectivity index (χ2n) is 2.48. The molecule has 0 unspecified atom stereocenters. The van der Waals surface area contributed by atoms with Crippen LogP contribution in [0.15, 0.2) is 0 Å². The topological polar surface area (TPSA) is 64.7 Å². The minimum absolute atomic E-state index is 0.206. The Balaban J connectivity index is 3.08.